The van der Waals surface area contributed by atoms with Crippen molar-refractivity contribution in [3.05, 3.63) is 35.4 Å². The van der Waals surface area contributed by atoms with Gasteiger partial charge in [0.2, 0.25) is 5.91 Å². The van der Waals surface area contributed by atoms with E-state index in [1.165, 1.54) is 11.1 Å². The summed E-state index contributed by atoms with van der Waals surface area (Å²) >= 11 is 1.59. The van der Waals surface area contributed by atoms with E-state index in [0.29, 0.717) is 12.3 Å². The summed E-state index contributed by atoms with van der Waals surface area (Å²) in [6.45, 7) is 4.44. The second kappa shape index (κ2) is 8.99. The van der Waals surface area contributed by atoms with Crippen LogP contribution in [0.5, 0.6) is 0 Å². The fourth-order valence-corrected chi connectivity index (χ4v) is 2.48. The van der Waals surface area contributed by atoms with Crippen molar-refractivity contribution >= 4 is 17.7 Å². The number of thioether (sulfide) groups is 1. The molecular formula is C15H23NO2S. The third kappa shape index (κ3) is 7.23. The van der Waals surface area contributed by atoms with E-state index >= 15 is 0 Å². The minimum absolute atomic E-state index is 0.00716. The molecule has 0 aromatic heterocycles. The van der Waals surface area contributed by atoms with Crippen molar-refractivity contribution in [2.75, 3.05) is 12.3 Å². The lowest BCUT2D eigenvalue weighted by molar-refractivity contribution is -0.119. The maximum atomic E-state index is 11.6. The summed E-state index contributed by atoms with van der Waals surface area (Å²) in [5.74, 6) is 1.27. The maximum absolute atomic E-state index is 11.6. The lowest BCUT2D eigenvalue weighted by Crippen LogP contribution is -2.33. The lowest BCUT2D eigenvalue weighted by Gasteiger charge is -2.10. The first kappa shape index (κ1) is 16.1. The number of benzene rings is 1. The van der Waals surface area contributed by atoms with Gasteiger partial charge in [-0.25, -0.2) is 0 Å². The molecular weight excluding hydrogens is 258 g/mol. The normalized spacial score (nSPS) is 12.2. The van der Waals surface area contributed by atoms with E-state index in [-0.39, 0.29) is 5.91 Å². The Morgan fingerprint density at radius 2 is 2.05 bits per heavy atom. The third-order valence-corrected chi connectivity index (χ3v) is 3.78. The van der Waals surface area contributed by atoms with Crippen LogP contribution in [0.15, 0.2) is 24.3 Å². The van der Waals surface area contributed by atoms with E-state index in [2.05, 4.69) is 36.5 Å². The third-order valence-electron chi connectivity index (χ3n) is 2.78. The van der Waals surface area contributed by atoms with Crippen LogP contribution in [0, 0.1) is 6.92 Å². The molecule has 1 rings (SSSR count). The predicted octanol–water partition coefficient (Wildman–Crippen LogP) is 2.51. The SMILES string of the molecule is CCCC(O)CNC(=O)CSCc1ccc(C)cc1. The Morgan fingerprint density at radius 1 is 1.37 bits per heavy atom. The lowest BCUT2D eigenvalue weighted by atomic mass is 10.2. The first-order chi connectivity index (χ1) is 9.11. The van der Waals surface area contributed by atoms with Gasteiger partial charge < -0.3 is 10.4 Å². The van der Waals surface area contributed by atoms with E-state index in [9.17, 15) is 9.90 Å². The maximum Gasteiger partial charge on any atom is 0.230 e. The Kier molecular flexibility index (Phi) is 7.60. The predicted molar refractivity (Wildman–Crippen MR) is 81.3 cm³/mol. The van der Waals surface area contributed by atoms with Crippen LogP contribution in [-0.4, -0.2) is 29.4 Å². The van der Waals surface area contributed by atoms with Gasteiger partial charge in [-0.05, 0) is 18.9 Å². The molecule has 0 heterocycles. The van der Waals surface area contributed by atoms with Gasteiger partial charge in [0.25, 0.3) is 0 Å². The van der Waals surface area contributed by atoms with Gasteiger partial charge in [-0.2, -0.15) is 0 Å². The monoisotopic (exact) mass is 281 g/mol. The molecule has 0 aliphatic heterocycles. The Hall–Kier alpha value is -1.00. The quantitative estimate of drug-likeness (QED) is 0.770. The van der Waals surface area contributed by atoms with Crippen molar-refractivity contribution in [1.29, 1.82) is 0 Å². The minimum atomic E-state index is -0.420. The summed E-state index contributed by atoms with van der Waals surface area (Å²) in [6.07, 6.45) is 1.24. The van der Waals surface area contributed by atoms with E-state index in [4.69, 9.17) is 0 Å². The van der Waals surface area contributed by atoms with Crippen LogP contribution in [0.25, 0.3) is 0 Å². The summed E-state index contributed by atoms with van der Waals surface area (Å²) in [6, 6.07) is 8.34. The summed E-state index contributed by atoms with van der Waals surface area (Å²) in [5, 5.41) is 12.3. The van der Waals surface area contributed by atoms with Gasteiger partial charge in [-0.3, -0.25) is 4.79 Å². The van der Waals surface area contributed by atoms with Crippen molar-refractivity contribution in [3.63, 3.8) is 0 Å². The molecule has 0 radical (unpaired) electrons. The molecule has 0 saturated heterocycles. The molecule has 1 unspecified atom stereocenters. The van der Waals surface area contributed by atoms with Crippen LogP contribution < -0.4 is 5.32 Å². The smallest absolute Gasteiger partial charge is 0.230 e. The van der Waals surface area contributed by atoms with E-state index < -0.39 is 6.10 Å². The number of carbonyl (C=O) groups is 1. The Bertz CT molecular complexity index is 378. The zero-order valence-electron chi connectivity index (χ0n) is 11.7. The van der Waals surface area contributed by atoms with Crippen LogP contribution in [0.4, 0.5) is 0 Å². The van der Waals surface area contributed by atoms with Gasteiger partial charge in [-0.15, -0.1) is 11.8 Å². The Labute approximate surface area is 119 Å². The number of hydrogen-bond acceptors (Lipinski definition) is 3. The molecule has 4 heteroatoms. The van der Waals surface area contributed by atoms with E-state index in [1.807, 2.05) is 6.92 Å². The summed E-state index contributed by atoms with van der Waals surface area (Å²) in [7, 11) is 0. The minimum Gasteiger partial charge on any atom is -0.391 e. The van der Waals surface area contributed by atoms with Crippen molar-refractivity contribution in [2.24, 2.45) is 0 Å². The number of aryl methyl sites for hydroxylation is 1. The average Bonchev–Trinajstić information content (AvgIpc) is 2.39. The molecule has 1 aromatic carbocycles. The van der Waals surface area contributed by atoms with Crippen LogP contribution in [0.1, 0.15) is 30.9 Å². The van der Waals surface area contributed by atoms with Crippen molar-refractivity contribution in [1.82, 2.24) is 5.32 Å². The second-order valence-electron chi connectivity index (χ2n) is 4.72. The zero-order valence-corrected chi connectivity index (χ0v) is 12.5. The highest BCUT2D eigenvalue weighted by Gasteiger charge is 2.06. The van der Waals surface area contributed by atoms with Gasteiger partial charge >= 0.3 is 0 Å². The van der Waals surface area contributed by atoms with Crippen LogP contribution in [0.3, 0.4) is 0 Å². The first-order valence-corrected chi connectivity index (χ1v) is 7.85. The number of nitrogens with one attached hydrogen (secondary N) is 1. The molecule has 1 atom stereocenters. The highest BCUT2D eigenvalue weighted by molar-refractivity contribution is 7.99. The van der Waals surface area contributed by atoms with E-state index in [1.54, 1.807) is 11.8 Å². The highest BCUT2D eigenvalue weighted by atomic mass is 32.2. The van der Waals surface area contributed by atoms with Crippen molar-refractivity contribution in [2.45, 2.75) is 38.5 Å². The summed E-state index contributed by atoms with van der Waals surface area (Å²) in [4.78, 5) is 11.6. The number of aliphatic hydroxyl groups is 1. The summed E-state index contributed by atoms with van der Waals surface area (Å²) < 4.78 is 0. The second-order valence-corrected chi connectivity index (χ2v) is 5.71. The number of amides is 1. The highest BCUT2D eigenvalue weighted by Crippen LogP contribution is 2.12. The first-order valence-electron chi connectivity index (χ1n) is 6.70. The van der Waals surface area contributed by atoms with Gasteiger partial charge in [0, 0.05) is 12.3 Å². The van der Waals surface area contributed by atoms with Gasteiger partial charge in [0.05, 0.1) is 11.9 Å². The average molecular weight is 281 g/mol. The number of aliphatic hydroxyl groups excluding tert-OH is 1. The summed E-state index contributed by atoms with van der Waals surface area (Å²) in [5.41, 5.74) is 2.48. The molecule has 0 aliphatic rings. The number of hydrogen-bond donors (Lipinski definition) is 2. The molecule has 0 bridgehead atoms. The van der Waals surface area contributed by atoms with Crippen LogP contribution in [0.2, 0.25) is 0 Å². The largest absolute Gasteiger partial charge is 0.391 e. The van der Waals surface area contributed by atoms with E-state index in [0.717, 1.165) is 18.6 Å². The standard InChI is InChI=1S/C15H23NO2S/c1-3-4-14(17)9-16-15(18)11-19-10-13-7-5-12(2)6-8-13/h5-8,14,17H,3-4,9-11H2,1-2H3,(H,16,18). The molecule has 0 saturated carbocycles. The van der Waals surface area contributed by atoms with Crippen LogP contribution in [-0.2, 0) is 10.5 Å². The molecule has 0 spiro atoms. The van der Waals surface area contributed by atoms with Crippen LogP contribution >= 0.6 is 11.8 Å². The fourth-order valence-electron chi connectivity index (χ4n) is 1.66. The zero-order chi connectivity index (χ0) is 14.1. The van der Waals surface area contributed by atoms with Gasteiger partial charge in [-0.1, -0.05) is 43.2 Å². The fraction of sp³-hybridized carbons (Fsp3) is 0.533. The number of carbonyl (C=O) groups excluding carboxylic acids is 1. The molecule has 3 nitrogen and oxygen atoms in total. The van der Waals surface area contributed by atoms with Crippen molar-refractivity contribution < 1.29 is 9.90 Å². The molecule has 0 fully saturated rings. The van der Waals surface area contributed by atoms with Gasteiger partial charge in [0.15, 0.2) is 0 Å². The molecule has 2 N–H and O–H groups in total. The number of rotatable bonds is 8. The Morgan fingerprint density at radius 3 is 2.68 bits per heavy atom. The van der Waals surface area contributed by atoms with Crippen molar-refractivity contribution in [3.8, 4) is 0 Å². The molecule has 19 heavy (non-hydrogen) atoms. The molecule has 1 amide bonds. The molecule has 106 valence electrons. The molecule has 1 aromatic rings. The molecule has 0 aliphatic carbocycles. The topological polar surface area (TPSA) is 49.3 Å². The Balaban J connectivity index is 2.15. The van der Waals surface area contributed by atoms with Gasteiger partial charge in [0.1, 0.15) is 0 Å².